The van der Waals surface area contributed by atoms with E-state index in [2.05, 4.69) is 9.17 Å². The molecule has 3 rings (SSSR count). The second-order valence-corrected chi connectivity index (χ2v) is 8.51. The number of carbonyl (C=O) groups is 1. The number of aromatic nitrogens is 1. The highest BCUT2D eigenvalue weighted by molar-refractivity contribution is 7.87. The predicted molar refractivity (Wildman–Crippen MR) is 108 cm³/mol. The van der Waals surface area contributed by atoms with Gasteiger partial charge in [0.2, 0.25) is 5.88 Å². The molecule has 0 saturated heterocycles. The van der Waals surface area contributed by atoms with Crippen LogP contribution in [0.15, 0.2) is 42.5 Å². The highest BCUT2D eigenvalue weighted by atomic mass is 32.2. The van der Waals surface area contributed by atoms with Crippen molar-refractivity contribution in [3.05, 3.63) is 59.2 Å². The molecule has 3 aromatic rings. The first-order chi connectivity index (χ1) is 15.6. The van der Waals surface area contributed by atoms with Gasteiger partial charge in [0.1, 0.15) is 0 Å². The Balaban J connectivity index is 2.24. The maximum absolute atomic E-state index is 13.5. The molecule has 0 fully saturated rings. The largest absolute Gasteiger partial charge is 0.534 e. The number of alkyl halides is 6. The highest BCUT2D eigenvalue weighted by Crippen LogP contribution is 2.39. The number of aryl methyl sites for hydroxylation is 1. The molecule has 0 aliphatic heterocycles. The molecule has 0 spiro atoms. The van der Waals surface area contributed by atoms with Crippen LogP contribution in [0.2, 0.25) is 0 Å². The summed E-state index contributed by atoms with van der Waals surface area (Å²) in [6.07, 6.45) is -4.77. The minimum absolute atomic E-state index is 0.00660. The second-order valence-electron chi connectivity index (χ2n) is 6.98. The van der Waals surface area contributed by atoms with E-state index in [1.807, 2.05) is 0 Å². The summed E-state index contributed by atoms with van der Waals surface area (Å²) in [4.78, 5) is 15.6. The molecule has 0 saturated carbocycles. The Bertz CT molecular complexity index is 1350. The van der Waals surface area contributed by atoms with E-state index in [-0.39, 0.29) is 39.8 Å². The monoisotopic (exact) mass is 507 g/mol. The zero-order valence-electron chi connectivity index (χ0n) is 17.4. The summed E-state index contributed by atoms with van der Waals surface area (Å²) in [5.74, 6) is -1.63. The summed E-state index contributed by atoms with van der Waals surface area (Å²) >= 11 is 0. The maximum Gasteiger partial charge on any atom is 0.534 e. The van der Waals surface area contributed by atoms with Crippen molar-refractivity contribution in [1.29, 1.82) is 0 Å². The van der Waals surface area contributed by atoms with Gasteiger partial charge in [-0.1, -0.05) is 12.1 Å². The number of fused-ring (bicyclic) bond motifs is 1. The third-order valence-corrected chi connectivity index (χ3v) is 5.57. The zero-order chi connectivity index (χ0) is 25.5. The van der Waals surface area contributed by atoms with Crippen LogP contribution in [0, 0.1) is 6.92 Å². The summed E-state index contributed by atoms with van der Waals surface area (Å²) in [7, 11) is -6.06. The topological polar surface area (TPSA) is 82.6 Å². The molecule has 0 unspecified atom stereocenters. The number of rotatable bonds is 5. The highest BCUT2D eigenvalue weighted by Gasteiger charge is 2.49. The average Bonchev–Trinajstić information content (AvgIpc) is 2.71. The number of nitrogens with zero attached hydrogens (tertiary/aromatic N) is 1. The molecular weight excluding hydrogens is 492 g/mol. The SMILES string of the molecule is CCOC(=O)c1ccc(-c2cc(C(F)(F)F)cc3c(C)cc(OS(=O)(=O)C(F)(F)F)nc23)cc1. The molecule has 182 valence electrons. The van der Waals surface area contributed by atoms with E-state index in [9.17, 15) is 39.6 Å². The van der Waals surface area contributed by atoms with Gasteiger partial charge in [0, 0.05) is 17.0 Å². The van der Waals surface area contributed by atoms with Gasteiger partial charge in [-0.2, -0.15) is 34.8 Å². The molecular formula is C21H15F6NO5S. The van der Waals surface area contributed by atoms with Crippen molar-refractivity contribution in [1.82, 2.24) is 4.98 Å². The van der Waals surface area contributed by atoms with E-state index in [1.165, 1.54) is 31.2 Å². The number of benzene rings is 2. The lowest BCUT2D eigenvalue weighted by Crippen LogP contribution is -2.28. The fourth-order valence-electron chi connectivity index (χ4n) is 3.05. The van der Waals surface area contributed by atoms with Crippen molar-refractivity contribution >= 4 is 27.0 Å². The fourth-order valence-corrected chi connectivity index (χ4v) is 3.45. The second kappa shape index (κ2) is 8.78. The third-order valence-electron chi connectivity index (χ3n) is 4.61. The molecule has 0 atom stereocenters. The number of carbonyl (C=O) groups excluding carboxylic acids is 1. The molecule has 6 nitrogen and oxygen atoms in total. The van der Waals surface area contributed by atoms with E-state index in [1.54, 1.807) is 6.92 Å². The number of hydrogen-bond acceptors (Lipinski definition) is 6. The molecule has 1 heterocycles. The molecule has 0 aliphatic rings. The van der Waals surface area contributed by atoms with Crippen LogP contribution in [0.25, 0.3) is 22.0 Å². The zero-order valence-corrected chi connectivity index (χ0v) is 18.2. The van der Waals surface area contributed by atoms with Gasteiger partial charge in [-0.3, -0.25) is 0 Å². The molecule has 2 aromatic carbocycles. The van der Waals surface area contributed by atoms with Crippen LogP contribution in [-0.2, 0) is 21.0 Å². The molecule has 0 bridgehead atoms. The van der Waals surface area contributed by atoms with Crippen molar-refractivity contribution < 1.29 is 48.5 Å². The summed E-state index contributed by atoms with van der Waals surface area (Å²) in [5.41, 5.74) is -6.96. The normalized spacial score (nSPS) is 12.6. The maximum atomic E-state index is 13.5. The van der Waals surface area contributed by atoms with Crippen LogP contribution in [0.1, 0.15) is 28.4 Å². The smallest absolute Gasteiger partial charge is 0.462 e. The van der Waals surface area contributed by atoms with Crippen LogP contribution >= 0.6 is 0 Å². The summed E-state index contributed by atoms with van der Waals surface area (Å²) < 4.78 is 110. The molecule has 0 N–H and O–H groups in total. The van der Waals surface area contributed by atoms with E-state index in [0.717, 1.165) is 18.2 Å². The van der Waals surface area contributed by atoms with Gasteiger partial charge >= 0.3 is 27.8 Å². The average molecular weight is 507 g/mol. The number of halogens is 6. The lowest BCUT2D eigenvalue weighted by atomic mass is 9.96. The Hall–Kier alpha value is -3.35. The van der Waals surface area contributed by atoms with Gasteiger partial charge in [0.05, 0.1) is 23.3 Å². The molecule has 1 aromatic heterocycles. The number of esters is 1. The summed E-state index contributed by atoms with van der Waals surface area (Å²) in [6.45, 7) is 2.96. The molecule has 0 amide bonds. The Morgan fingerprint density at radius 2 is 1.62 bits per heavy atom. The lowest BCUT2D eigenvalue weighted by molar-refractivity contribution is -0.137. The first-order valence-electron chi connectivity index (χ1n) is 9.45. The van der Waals surface area contributed by atoms with E-state index in [0.29, 0.717) is 0 Å². The van der Waals surface area contributed by atoms with Crippen molar-refractivity contribution in [3.63, 3.8) is 0 Å². The van der Waals surface area contributed by atoms with Gasteiger partial charge in [-0.15, -0.1) is 0 Å². The standard InChI is InChI=1S/C21H15F6NO5S/c1-3-32-19(29)13-6-4-12(5-7-13)16-10-14(20(22,23)24)9-15-11(2)8-17(28-18(15)16)33-34(30,31)21(25,26)27/h4-10H,3H2,1-2H3. The van der Waals surface area contributed by atoms with Crippen molar-refractivity contribution in [3.8, 4) is 17.0 Å². The Kier molecular flexibility index (Phi) is 6.53. The molecule has 0 aliphatic carbocycles. The van der Waals surface area contributed by atoms with Crippen LogP contribution < -0.4 is 4.18 Å². The van der Waals surface area contributed by atoms with Crippen molar-refractivity contribution in [2.45, 2.75) is 25.5 Å². The predicted octanol–water partition coefficient (Wildman–Crippen LogP) is 5.63. The minimum Gasteiger partial charge on any atom is -0.462 e. The Morgan fingerprint density at radius 1 is 1.00 bits per heavy atom. The van der Waals surface area contributed by atoms with Crippen LogP contribution in [0.3, 0.4) is 0 Å². The first-order valence-corrected chi connectivity index (χ1v) is 10.9. The molecule has 34 heavy (non-hydrogen) atoms. The van der Waals surface area contributed by atoms with Gasteiger partial charge in [0.25, 0.3) is 0 Å². The summed E-state index contributed by atoms with van der Waals surface area (Å²) in [6, 6.07) is 7.45. The minimum atomic E-state index is -6.06. The van der Waals surface area contributed by atoms with Crippen LogP contribution in [0.4, 0.5) is 26.3 Å². The van der Waals surface area contributed by atoms with E-state index < -0.39 is 39.2 Å². The summed E-state index contributed by atoms with van der Waals surface area (Å²) in [5, 5.41) is -0.0870. The number of hydrogen-bond donors (Lipinski definition) is 0. The van der Waals surface area contributed by atoms with Gasteiger partial charge in [0.15, 0.2) is 0 Å². The first kappa shape index (κ1) is 25.3. The van der Waals surface area contributed by atoms with Crippen LogP contribution in [0.5, 0.6) is 5.88 Å². The third kappa shape index (κ3) is 5.08. The fraction of sp³-hybridized carbons (Fsp3) is 0.238. The molecule has 13 heteroatoms. The lowest BCUT2D eigenvalue weighted by Gasteiger charge is -2.16. The van der Waals surface area contributed by atoms with Gasteiger partial charge in [-0.05, 0) is 49.2 Å². The van der Waals surface area contributed by atoms with Gasteiger partial charge < -0.3 is 8.92 Å². The Morgan fingerprint density at radius 3 is 2.15 bits per heavy atom. The van der Waals surface area contributed by atoms with Gasteiger partial charge in [-0.25, -0.2) is 9.78 Å². The van der Waals surface area contributed by atoms with Crippen molar-refractivity contribution in [2.24, 2.45) is 0 Å². The Labute approximate surface area is 189 Å². The number of ether oxygens (including phenoxy) is 1. The molecule has 0 radical (unpaired) electrons. The van der Waals surface area contributed by atoms with Crippen molar-refractivity contribution in [2.75, 3.05) is 6.61 Å². The number of pyridine rings is 1. The van der Waals surface area contributed by atoms with E-state index >= 15 is 0 Å². The van der Waals surface area contributed by atoms with Crippen LogP contribution in [-0.4, -0.2) is 31.5 Å². The van der Waals surface area contributed by atoms with E-state index in [4.69, 9.17) is 4.74 Å². The quantitative estimate of drug-likeness (QED) is 0.193.